The number of hydrogen-bond donors (Lipinski definition) is 0. The van der Waals surface area contributed by atoms with E-state index in [0.29, 0.717) is 0 Å². The van der Waals surface area contributed by atoms with E-state index in [2.05, 4.69) is 13.8 Å². The van der Waals surface area contributed by atoms with Crippen molar-refractivity contribution in [2.24, 2.45) is 10.5 Å². The first-order valence-electron chi connectivity index (χ1n) is 7.81. The molecule has 0 aliphatic carbocycles. The van der Waals surface area contributed by atoms with Gasteiger partial charge in [-0.15, -0.1) is 0 Å². The van der Waals surface area contributed by atoms with Gasteiger partial charge in [-0.3, -0.25) is 0 Å². The molecule has 0 bridgehead atoms. The van der Waals surface area contributed by atoms with Gasteiger partial charge in [-0.2, -0.15) is 5.10 Å². The second-order valence-corrected chi connectivity index (χ2v) is 6.81. The average molecular weight is 343 g/mol. The summed E-state index contributed by atoms with van der Waals surface area (Å²) < 4.78 is 0. The van der Waals surface area contributed by atoms with Gasteiger partial charge < -0.3 is 0 Å². The van der Waals surface area contributed by atoms with Crippen molar-refractivity contribution < 1.29 is 0 Å². The molecule has 0 N–H and O–H groups in total. The van der Waals surface area contributed by atoms with Crippen LogP contribution in [0.5, 0.6) is 0 Å². The second-order valence-electron chi connectivity index (χ2n) is 5.99. The molecule has 1 unspecified atom stereocenters. The van der Waals surface area contributed by atoms with Crippen LogP contribution in [-0.4, -0.2) is 10.7 Å². The van der Waals surface area contributed by atoms with Crippen LogP contribution in [-0.2, 0) is 0 Å². The highest BCUT2D eigenvalue weighted by atomic mass is 35.5. The normalized spacial score (nSPS) is 20.7. The topological polar surface area (TPSA) is 15.6 Å². The molecule has 3 rings (SSSR count). The van der Waals surface area contributed by atoms with E-state index in [1.165, 1.54) is 0 Å². The van der Waals surface area contributed by atoms with Crippen molar-refractivity contribution in [3.05, 3.63) is 65.2 Å². The van der Waals surface area contributed by atoms with Crippen LogP contribution in [0.3, 0.4) is 0 Å². The van der Waals surface area contributed by atoms with Crippen LogP contribution in [0.1, 0.15) is 32.3 Å². The molecule has 0 spiro atoms. The molecular weight excluding hydrogens is 324 g/mol. The monoisotopic (exact) mass is 342 g/mol. The van der Waals surface area contributed by atoms with E-state index in [9.17, 15) is 0 Å². The Morgan fingerprint density at radius 2 is 1.74 bits per heavy atom. The fourth-order valence-corrected chi connectivity index (χ4v) is 3.52. The lowest BCUT2D eigenvalue weighted by atomic mass is 9.78. The number of halogens is 1. The van der Waals surface area contributed by atoms with Crippen molar-refractivity contribution in [1.29, 1.82) is 0 Å². The van der Waals surface area contributed by atoms with Gasteiger partial charge in [-0.1, -0.05) is 67.5 Å². The smallest absolute Gasteiger partial charge is 0.117 e. The number of rotatable bonds is 4. The maximum absolute atomic E-state index is 6.03. The van der Waals surface area contributed by atoms with Gasteiger partial charge in [-0.25, -0.2) is 5.01 Å². The number of anilines is 1. The van der Waals surface area contributed by atoms with Crippen LogP contribution in [0.4, 0.5) is 5.69 Å². The summed E-state index contributed by atoms with van der Waals surface area (Å²) >= 11 is 11.8. The molecule has 2 nitrogen and oxygen atoms in total. The Morgan fingerprint density at radius 3 is 2.35 bits per heavy atom. The van der Waals surface area contributed by atoms with Gasteiger partial charge in [0.15, 0.2) is 0 Å². The van der Waals surface area contributed by atoms with E-state index >= 15 is 0 Å². The van der Waals surface area contributed by atoms with Gasteiger partial charge in [0, 0.05) is 5.02 Å². The molecule has 1 aliphatic heterocycles. The number of para-hydroxylation sites is 1. The minimum Gasteiger partial charge on any atom is -0.226 e. The van der Waals surface area contributed by atoms with Crippen LogP contribution in [0, 0.1) is 5.41 Å². The molecule has 0 aromatic heterocycles. The minimum atomic E-state index is -0.242. The van der Waals surface area contributed by atoms with Gasteiger partial charge in [0.25, 0.3) is 0 Å². The standard InChI is InChI=1S/C19H19ClN2S/c1-3-13-19(2)17(14-9-11-15(20)12-10-14)21-22(18(19)23)16-7-5-4-6-8-16/h4-12H,3,13H2,1-2H3. The van der Waals surface area contributed by atoms with Crippen LogP contribution < -0.4 is 5.01 Å². The first-order valence-corrected chi connectivity index (χ1v) is 8.59. The molecule has 4 heteroatoms. The van der Waals surface area contributed by atoms with E-state index in [1.54, 1.807) is 0 Å². The Labute approximate surface area is 147 Å². The Hall–Kier alpha value is -1.71. The fourth-order valence-electron chi connectivity index (χ4n) is 3.04. The highest BCUT2D eigenvalue weighted by Gasteiger charge is 2.44. The lowest BCUT2D eigenvalue weighted by Gasteiger charge is -2.27. The highest BCUT2D eigenvalue weighted by molar-refractivity contribution is 7.80. The fraction of sp³-hybridized carbons (Fsp3) is 0.263. The van der Waals surface area contributed by atoms with Gasteiger partial charge in [0.1, 0.15) is 4.99 Å². The van der Waals surface area contributed by atoms with E-state index in [1.807, 2.05) is 59.6 Å². The summed E-state index contributed by atoms with van der Waals surface area (Å²) in [5.41, 5.74) is 2.85. The summed E-state index contributed by atoms with van der Waals surface area (Å²) in [5, 5.41) is 7.50. The lowest BCUT2D eigenvalue weighted by molar-refractivity contribution is 0.579. The number of hydrazone groups is 1. The zero-order valence-electron chi connectivity index (χ0n) is 13.3. The Bertz CT molecular complexity index is 740. The van der Waals surface area contributed by atoms with E-state index in [4.69, 9.17) is 28.9 Å². The Balaban J connectivity index is 2.09. The van der Waals surface area contributed by atoms with Crippen molar-refractivity contribution in [2.75, 3.05) is 5.01 Å². The third kappa shape index (κ3) is 2.91. The lowest BCUT2D eigenvalue weighted by Crippen LogP contribution is -2.36. The van der Waals surface area contributed by atoms with Crippen molar-refractivity contribution >= 4 is 40.2 Å². The Kier molecular flexibility index (Phi) is 4.51. The highest BCUT2D eigenvalue weighted by Crippen LogP contribution is 2.39. The third-order valence-electron chi connectivity index (χ3n) is 4.26. The maximum Gasteiger partial charge on any atom is 0.117 e. The maximum atomic E-state index is 6.03. The SMILES string of the molecule is CCCC1(C)C(=S)N(c2ccccc2)N=C1c1ccc(Cl)cc1. The van der Waals surface area contributed by atoms with E-state index in [0.717, 1.165) is 39.8 Å². The summed E-state index contributed by atoms with van der Waals surface area (Å²) in [4.78, 5) is 0.857. The first-order chi connectivity index (χ1) is 11.1. The van der Waals surface area contributed by atoms with Gasteiger partial charge >= 0.3 is 0 Å². The molecule has 0 amide bonds. The summed E-state index contributed by atoms with van der Waals surface area (Å²) in [6, 6.07) is 17.9. The van der Waals surface area contributed by atoms with Crippen LogP contribution in [0.2, 0.25) is 5.02 Å². The van der Waals surface area contributed by atoms with E-state index in [-0.39, 0.29) is 5.41 Å². The quantitative estimate of drug-likeness (QED) is 0.662. The number of hydrogen-bond acceptors (Lipinski definition) is 2. The number of thiocarbonyl (C=S) groups is 1. The van der Waals surface area contributed by atoms with Crippen molar-refractivity contribution in [2.45, 2.75) is 26.7 Å². The summed E-state index contributed by atoms with van der Waals surface area (Å²) in [5.74, 6) is 0. The van der Waals surface area contributed by atoms with Gasteiger partial charge in [0.2, 0.25) is 0 Å². The molecule has 1 heterocycles. The van der Waals surface area contributed by atoms with Crippen LogP contribution in [0.25, 0.3) is 0 Å². The molecule has 0 radical (unpaired) electrons. The zero-order chi connectivity index (χ0) is 16.4. The molecule has 1 aliphatic rings. The summed E-state index contributed by atoms with van der Waals surface area (Å²) in [7, 11) is 0. The van der Waals surface area contributed by atoms with Gasteiger partial charge in [-0.05, 0) is 43.2 Å². The molecule has 118 valence electrons. The zero-order valence-corrected chi connectivity index (χ0v) is 14.9. The van der Waals surface area contributed by atoms with Gasteiger partial charge in [0.05, 0.1) is 16.8 Å². The van der Waals surface area contributed by atoms with Crippen molar-refractivity contribution in [1.82, 2.24) is 0 Å². The van der Waals surface area contributed by atoms with E-state index < -0.39 is 0 Å². The molecule has 23 heavy (non-hydrogen) atoms. The van der Waals surface area contributed by atoms with Crippen LogP contribution in [0.15, 0.2) is 59.7 Å². The largest absolute Gasteiger partial charge is 0.226 e. The minimum absolute atomic E-state index is 0.242. The molecule has 2 aromatic carbocycles. The summed E-state index contributed by atoms with van der Waals surface area (Å²) in [6.45, 7) is 4.37. The molecular formula is C19H19ClN2S. The Morgan fingerprint density at radius 1 is 1.09 bits per heavy atom. The predicted octanol–water partition coefficient (Wildman–Crippen LogP) is 5.70. The summed E-state index contributed by atoms with van der Waals surface area (Å²) in [6.07, 6.45) is 2.02. The molecule has 1 atom stereocenters. The molecule has 2 aromatic rings. The predicted molar refractivity (Wildman–Crippen MR) is 103 cm³/mol. The number of nitrogens with zero attached hydrogens (tertiary/aromatic N) is 2. The first kappa shape index (κ1) is 16.2. The molecule has 0 fully saturated rings. The average Bonchev–Trinajstić information content (AvgIpc) is 2.82. The molecule has 0 saturated carbocycles. The number of benzene rings is 2. The molecule has 0 saturated heterocycles. The second kappa shape index (κ2) is 6.42. The van der Waals surface area contributed by atoms with Crippen molar-refractivity contribution in [3.63, 3.8) is 0 Å². The van der Waals surface area contributed by atoms with Crippen molar-refractivity contribution in [3.8, 4) is 0 Å². The third-order valence-corrected chi connectivity index (χ3v) is 5.13. The van der Waals surface area contributed by atoms with Crippen LogP contribution >= 0.6 is 23.8 Å².